The summed E-state index contributed by atoms with van der Waals surface area (Å²) in [6, 6.07) is 15.0. The average Bonchev–Trinajstić information content (AvgIpc) is 2.94. The molecule has 0 saturated heterocycles. The fourth-order valence-electron chi connectivity index (χ4n) is 2.78. The minimum absolute atomic E-state index is 0.503. The highest BCUT2D eigenvalue weighted by atomic mass is 15.1. The second kappa shape index (κ2) is 6.84. The van der Waals surface area contributed by atoms with Crippen molar-refractivity contribution in [3.05, 3.63) is 66.1 Å². The molecule has 0 spiro atoms. The van der Waals surface area contributed by atoms with Crippen LogP contribution >= 0.6 is 0 Å². The minimum Gasteiger partial charge on any atom is -0.398 e. The van der Waals surface area contributed by atoms with Gasteiger partial charge in [-0.15, -0.1) is 0 Å². The van der Waals surface area contributed by atoms with Gasteiger partial charge in [-0.05, 0) is 31.5 Å². The zero-order valence-corrected chi connectivity index (χ0v) is 13.8. The Bertz CT molecular complexity index is 761. The van der Waals surface area contributed by atoms with Gasteiger partial charge in [-0.2, -0.15) is 0 Å². The number of aromatic nitrogens is 2. The van der Waals surface area contributed by atoms with E-state index in [2.05, 4.69) is 60.3 Å². The molecule has 0 aliphatic carbocycles. The fraction of sp³-hybridized carbons (Fsp3) is 0.316. The van der Waals surface area contributed by atoms with E-state index >= 15 is 0 Å². The van der Waals surface area contributed by atoms with E-state index in [0.717, 1.165) is 36.5 Å². The van der Waals surface area contributed by atoms with E-state index < -0.39 is 0 Å². The first-order chi connectivity index (χ1) is 11.1. The average molecular weight is 308 g/mol. The van der Waals surface area contributed by atoms with Crippen LogP contribution in [0.3, 0.4) is 0 Å². The van der Waals surface area contributed by atoms with Crippen molar-refractivity contribution in [1.29, 1.82) is 0 Å². The van der Waals surface area contributed by atoms with Crippen molar-refractivity contribution in [1.82, 2.24) is 14.3 Å². The van der Waals surface area contributed by atoms with Gasteiger partial charge in [-0.1, -0.05) is 30.3 Å². The van der Waals surface area contributed by atoms with Crippen molar-refractivity contribution in [3.8, 4) is 0 Å². The Balaban J connectivity index is 1.68. The van der Waals surface area contributed by atoms with Crippen LogP contribution in [-0.4, -0.2) is 26.9 Å². The first-order valence-corrected chi connectivity index (χ1v) is 8.13. The van der Waals surface area contributed by atoms with Gasteiger partial charge in [0, 0.05) is 43.6 Å². The Morgan fingerprint density at radius 1 is 1.09 bits per heavy atom. The largest absolute Gasteiger partial charge is 0.398 e. The highest BCUT2D eigenvalue weighted by Crippen LogP contribution is 2.12. The summed E-state index contributed by atoms with van der Waals surface area (Å²) in [6.45, 7) is 6.45. The number of hydrogen-bond acceptors (Lipinski definition) is 3. The normalized spacial score (nSPS) is 11.7. The van der Waals surface area contributed by atoms with E-state index in [9.17, 15) is 0 Å². The first kappa shape index (κ1) is 15.6. The number of rotatable bonds is 6. The van der Waals surface area contributed by atoms with E-state index in [0.29, 0.717) is 6.04 Å². The number of imidazole rings is 1. The van der Waals surface area contributed by atoms with Crippen LogP contribution in [0.15, 0.2) is 54.9 Å². The predicted octanol–water partition coefficient (Wildman–Crippen LogP) is 3.37. The molecule has 0 saturated carbocycles. The van der Waals surface area contributed by atoms with Gasteiger partial charge >= 0.3 is 0 Å². The summed E-state index contributed by atoms with van der Waals surface area (Å²) in [5.74, 6) is 0. The quantitative estimate of drug-likeness (QED) is 0.759. The summed E-state index contributed by atoms with van der Waals surface area (Å²) < 4.78 is 2.00. The SMILES string of the molecule is CC(C)N(CCc1cn2cc(N)ccc2n1)Cc1ccccc1. The standard InChI is InChI=1S/C19H24N4/c1-15(2)22(12-16-6-4-3-5-7-16)11-10-18-14-23-13-17(20)8-9-19(23)21-18/h3-9,13-15H,10-12,20H2,1-2H3. The lowest BCUT2D eigenvalue weighted by Crippen LogP contribution is -2.32. The van der Waals surface area contributed by atoms with Crippen molar-refractivity contribution < 1.29 is 0 Å². The zero-order valence-electron chi connectivity index (χ0n) is 13.8. The lowest BCUT2D eigenvalue weighted by molar-refractivity contribution is 0.215. The monoisotopic (exact) mass is 308 g/mol. The fourth-order valence-corrected chi connectivity index (χ4v) is 2.78. The van der Waals surface area contributed by atoms with Crippen molar-refractivity contribution in [2.24, 2.45) is 0 Å². The van der Waals surface area contributed by atoms with E-state index in [-0.39, 0.29) is 0 Å². The first-order valence-electron chi connectivity index (χ1n) is 8.13. The zero-order chi connectivity index (χ0) is 16.2. The molecule has 0 radical (unpaired) electrons. The van der Waals surface area contributed by atoms with E-state index in [1.54, 1.807) is 0 Å². The van der Waals surface area contributed by atoms with Gasteiger partial charge in [-0.3, -0.25) is 4.90 Å². The Morgan fingerprint density at radius 2 is 1.87 bits per heavy atom. The number of benzene rings is 1. The van der Waals surface area contributed by atoms with Crippen LogP contribution in [-0.2, 0) is 13.0 Å². The number of nitrogens with two attached hydrogens (primary N) is 1. The summed E-state index contributed by atoms with van der Waals surface area (Å²) in [6.07, 6.45) is 4.93. The lowest BCUT2D eigenvalue weighted by atomic mass is 10.1. The summed E-state index contributed by atoms with van der Waals surface area (Å²) in [7, 11) is 0. The number of pyridine rings is 1. The van der Waals surface area contributed by atoms with E-state index in [4.69, 9.17) is 5.73 Å². The van der Waals surface area contributed by atoms with Crippen LogP contribution in [0.25, 0.3) is 5.65 Å². The van der Waals surface area contributed by atoms with Crippen LogP contribution in [0.5, 0.6) is 0 Å². The molecule has 0 aliphatic heterocycles. The molecular weight excluding hydrogens is 284 g/mol. The third-order valence-electron chi connectivity index (χ3n) is 4.14. The van der Waals surface area contributed by atoms with Gasteiger partial charge in [0.25, 0.3) is 0 Å². The smallest absolute Gasteiger partial charge is 0.137 e. The lowest BCUT2D eigenvalue weighted by Gasteiger charge is -2.26. The number of hydrogen-bond donors (Lipinski definition) is 1. The predicted molar refractivity (Wildman–Crippen MR) is 95.3 cm³/mol. The minimum atomic E-state index is 0.503. The van der Waals surface area contributed by atoms with Gasteiger partial charge < -0.3 is 10.1 Å². The second-order valence-corrected chi connectivity index (χ2v) is 6.26. The van der Waals surface area contributed by atoms with Crippen LogP contribution in [0.4, 0.5) is 5.69 Å². The summed E-state index contributed by atoms with van der Waals surface area (Å²) >= 11 is 0. The maximum Gasteiger partial charge on any atom is 0.137 e. The number of fused-ring (bicyclic) bond motifs is 1. The topological polar surface area (TPSA) is 46.6 Å². The van der Waals surface area contributed by atoms with Gasteiger partial charge in [0.2, 0.25) is 0 Å². The molecule has 2 heterocycles. The molecule has 2 N–H and O–H groups in total. The highest BCUT2D eigenvalue weighted by Gasteiger charge is 2.11. The molecule has 4 nitrogen and oxygen atoms in total. The van der Waals surface area contributed by atoms with Crippen molar-refractivity contribution in [2.75, 3.05) is 12.3 Å². The second-order valence-electron chi connectivity index (χ2n) is 6.26. The number of nitrogen functional groups attached to an aromatic ring is 1. The summed E-state index contributed by atoms with van der Waals surface area (Å²) in [5.41, 5.74) is 9.99. The van der Waals surface area contributed by atoms with Crippen LogP contribution < -0.4 is 5.73 Å². The molecule has 3 rings (SSSR count). The van der Waals surface area contributed by atoms with Gasteiger partial charge in [-0.25, -0.2) is 4.98 Å². The molecule has 1 aromatic carbocycles. The van der Waals surface area contributed by atoms with Crippen molar-refractivity contribution in [3.63, 3.8) is 0 Å². The number of nitrogens with zero attached hydrogens (tertiary/aromatic N) is 3. The third kappa shape index (κ3) is 3.90. The molecule has 0 bridgehead atoms. The molecule has 0 fully saturated rings. The molecule has 23 heavy (non-hydrogen) atoms. The van der Waals surface area contributed by atoms with Gasteiger partial charge in [0.15, 0.2) is 0 Å². The Kier molecular flexibility index (Phi) is 4.63. The molecule has 120 valence electrons. The van der Waals surface area contributed by atoms with E-state index in [1.807, 2.05) is 22.7 Å². The Morgan fingerprint density at radius 3 is 2.61 bits per heavy atom. The summed E-state index contributed by atoms with van der Waals surface area (Å²) in [5, 5.41) is 0. The van der Waals surface area contributed by atoms with Gasteiger partial charge in [0.1, 0.15) is 5.65 Å². The molecule has 0 aliphatic rings. The Labute approximate surface area is 137 Å². The molecular formula is C19H24N4. The summed E-state index contributed by atoms with van der Waals surface area (Å²) in [4.78, 5) is 7.15. The molecule has 4 heteroatoms. The molecule has 3 aromatic rings. The Hall–Kier alpha value is -2.33. The number of anilines is 1. The molecule has 0 amide bonds. The van der Waals surface area contributed by atoms with E-state index in [1.165, 1.54) is 5.56 Å². The molecule has 0 unspecified atom stereocenters. The van der Waals surface area contributed by atoms with Crippen LogP contribution in [0, 0.1) is 0 Å². The molecule has 0 atom stereocenters. The maximum absolute atomic E-state index is 5.82. The molecule has 2 aromatic heterocycles. The van der Waals surface area contributed by atoms with Crippen molar-refractivity contribution in [2.45, 2.75) is 32.9 Å². The van der Waals surface area contributed by atoms with Crippen LogP contribution in [0.1, 0.15) is 25.1 Å². The van der Waals surface area contributed by atoms with Crippen molar-refractivity contribution >= 4 is 11.3 Å². The van der Waals surface area contributed by atoms with Gasteiger partial charge in [0.05, 0.1) is 5.69 Å². The van der Waals surface area contributed by atoms with Crippen LogP contribution in [0.2, 0.25) is 0 Å². The highest BCUT2D eigenvalue weighted by molar-refractivity contribution is 5.48. The maximum atomic E-state index is 5.82. The third-order valence-corrected chi connectivity index (χ3v) is 4.14.